The van der Waals surface area contributed by atoms with E-state index in [0.717, 1.165) is 24.9 Å². The minimum absolute atomic E-state index is 0.563. The lowest BCUT2D eigenvalue weighted by atomic mass is 9.85. The summed E-state index contributed by atoms with van der Waals surface area (Å²) in [7, 11) is 0. The number of rotatable bonds is 2. The standard InChI is InChI=1S/C22H22N2/c1-16-6-2-3-8-20(16)19-14-18-7-4-5-11-24-22(18)21(15-19)17-9-12-23-13-10-17/h2-3,8-16H,4-7H2,1H3. The first-order valence-corrected chi connectivity index (χ1v) is 8.80. The van der Waals surface area contributed by atoms with E-state index in [1.165, 1.54) is 34.2 Å². The summed E-state index contributed by atoms with van der Waals surface area (Å²) < 4.78 is 0. The van der Waals surface area contributed by atoms with Gasteiger partial charge in [-0.2, -0.15) is 0 Å². The molecule has 0 bridgehead atoms. The average Bonchev–Trinajstić information content (AvgIpc) is 2.87. The molecular formula is C22H22N2. The van der Waals surface area contributed by atoms with Gasteiger partial charge in [0.2, 0.25) is 0 Å². The Morgan fingerprint density at radius 3 is 2.79 bits per heavy atom. The summed E-state index contributed by atoms with van der Waals surface area (Å²) in [5, 5.41) is 0. The first-order valence-electron chi connectivity index (χ1n) is 8.80. The molecule has 0 fully saturated rings. The molecule has 0 N–H and O–H groups in total. The van der Waals surface area contributed by atoms with Crippen LogP contribution in [0.3, 0.4) is 0 Å². The maximum Gasteiger partial charge on any atom is 0.0736 e. The lowest BCUT2D eigenvalue weighted by molar-refractivity contribution is 0.758. The minimum atomic E-state index is 0.563. The molecule has 0 saturated heterocycles. The van der Waals surface area contributed by atoms with Gasteiger partial charge in [0.1, 0.15) is 0 Å². The number of nitrogens with zero attached hydrogens (tertiary/aromatic N) is 2. The Labute approximate surface area is 143 Å². The van der Waals surface area contributed by atoms with Crippen molar-refractivity contribution < 1.29 is 0 Å². The first-order chi connectivity index (χ1) is 11.8. The lowest BCUT2D eigenvalue weighted by Gasteiger charge is -2.20. The molecule has 2 aliphatic rings. The Hall–Kier alpha value is -2.48. The highest BCUT2D eigenvalue weighted by molar-refractivity contribution is 5.86. The average molecular weight is 314 g/mol. The Balaban J connectivity index is 1.92. The van der Waals surface area contributed by atoms with Gasteiger partial charge in [-0.3, -0.25) is 9.98 Å². The second kappa shape index (κ2) is 6.56. The van der Waals surface area contributed by atoms with Gasteiger partial charge in [-0.15, -0.1) is 0 Å². The molecule has 24 heavy (non-hydrogen) atoms. The number of fused-ring (bicyclic) bond motifs is 1. The van der Waals surface area contributed by atoms with E-state index in [4.69, 9.17) is 4.99 Å². The quantitative estimate of drug-likeness (QED) is 0.691. The van der Waals surface area contributed by atoms with E-state index >= 15 is 0 Å². The molecule has 120 valence electrons. The predicted octanol–water partition coefficient (Wildman–Crippen LogP) is 5.77. The van der Waals surface area contributed by atoms with E-state index in [1.807, 2.05) is 12.4 Å². The second-order valence-corrected chi connectivity index (χ2v) is 6.66. The topological polar surface area (TPSA) is 25.2 Å². The molecular weight excluding hydrogens is 292 g/mol. The number of aromatic nitrogens is 1. The maximum absolute atomic E-state index is 4.79. The highest BCUT2D eigenvalue weighted by Gasteiger charge is 2.18. The molecule has 0 amide bonds. The van der Waals surface area contributed by atoms with Crippen LogP contribution < -0.4 is 0 Å². The molecule has 4 rings (SSSR count). The number of aliphatic imine (C=N–C) groups is 1. The zero-order valence-corrected chi connectivity index (χ0v) is 14.1. The molecule has 2 heterocycles. The number of allylic oxidation sites excluding steroid dienone is 4. The van der Waals surface area contributed by atoms with Crippen LogP contribution >= 0.6 is 0 Å². The molecule has 0 saturated carbocycles. The van der Waals surface area contributed by atoms with Gasteiger partial charge in [0.05, 0.1) is 5.69 Å². The van der Waals surface area contributed by atoms with Crippen LogP contribution in [0.2, 0.25) is 0 Å². The van der Waals surface area contributed by atoms with Crippen molar-refractivity contribution >= 4 is 17.5 Å². The lowest BCUT2D eigenvalue weighted by Crippen LogP contribution is -2.02. The summed E-state index contributed by atoms with van der Waals surface area (Å²) in [6, 6.07) is 8.85. The van der Waals surface area contributed by atoms with Crippen LogP contribution in [0.1, 0.15) is 37.3 Å². The van der Waals surface area contributed by atoms with E-state index in [1.54, 1.807) is 0 Å². The van der Waals surface area contributed by atoms with Crippen LogP contribution in [0.15, 0.2) is 59.9 Å². The van der Waals surface area contributed by atoms with Crippen molar-refractivity contribution in [1.29, 1.82) is 0 Å². The number of hydrogen-bond acceptors (Lipinski definition) is 2. The Bertz CT molecular complexity index is 829. The number of hydrogen-bond donors (Lipinski definition) is 0. The van der Waals surface area contributed by atoms with Crippen LogP contribution in [0, 0.1) is 5.92 Å². The van der Waals surface area contributed by atoms with Gasteiger partial charge in [-0.05, 0) is 78.1 Å². The van der Waals surface area contributed by atoms with Crippen molar-refractivity contribution in [2.45, 2.75) is 32.6 Å². The normalized spacial score (nSPS) is 19.5. The fourth-order valence-corrected chi connectivity index (χ4v) is 3.62. The summed E-state index contributed by atoms with van der Waals surface area (Å²) in [6.45, 7) is 2.31. The largest absolute Gasteiger partial charge is 0.265 e. The summed E-state index contributed by atoms with van der Waals surface area (Å²) in [5.74, 6) is 0.563. The summed E-state index contributed by atoms with van der Waals surface area (Å²) in [6.07, 6.45) is 16.9. The molecule has 1 unspecified atom stereocenters. The maximum atomic E-state index is 4.79. The minimum Gasteiger partial charge on any atom is -0.265 e. The third-order valence-electron chi connectivity index (χ3n) is 4.95. The van der Waals surface area contributed by atoms with Crippen molar-refractivity contribution in [3.63, 3.8) is 0 Å². The van der Waals surface area contributed by atoms with E-state index in [2.05, 4.69) is 60.6 Å². The van der Waals surface area contributed by atoms with E-state index < -0.39 is 0 Å². The summed E-state index contributed by atoms with van der Waals surface area (Å²) in [4.78, 5) is 8.96. The zero-order chi connectivity index (χ0) is 16.4. The molecule has 1 aliphatic carbocycles. The van der Waals surface area contributed by atoms with Crippen molar-refractivity contribution in [2.75, 3.05) is 0 Å². The Kier molecular flexibility index (Phi) is 4.12. The third-order valence-corrected chi connectivity index (χ3v) is 4.95. The highest BCUT2D eigenvalue weighted by atomic mass is 14.7. The van der Waals surface area contributed by atoms with Crippen molar-refractivity contribution in [1.82, 2.24) is 4.98 Å². The van der Waals surface area contributed by atoms with Crippen LogP contribution in [-0.2, 0) is 6.42 Å². The molecule has 0 radical (unpaired) electrons. The van der Waals surface area contributed by atoms with Crippen LogP contribution in [0.4, 0.5) is 5.69 Å². The predicted molar refractivity (Wildman–Crippen MR) is 102 cm³/mol. The number of benzene rings is 1. The molecule has 2 heteroatoms. The van der Waals surface area contributed by atoms with Gasteiger partial charge in [-0.1, -0.05) is 25.2 Å². The van der Waals surface area contributed by atoms with E-state index in [-0.39, 0.29) is 0 Å². The second-order valence-electron chi connectivity index (χ2n) is 6.66. The molecule has 1 aromatic carbocycles. The summed E-state index contributed by atoms with van der Waals surface area (Å²) in [5.41, 5.74) is 7.71. The Morgan fingerprint density at radius 1 is 1.08 bits per heavy atom. The van der Waals surface area contributed by atoms with Gasteiger partial charge >= 0.3 is 0 Å². The summed E-state index contributed by atoms with van der Waals surface area (Å²) >= 11 is 0. The van der Waals surface area contributed by atoms with Gasteiger partial charge in [0, 0.05) is 24.2 Å². The van der Waals surface area contributed by atoms with Crippen molar-refractivity contribution in [3.05, 3.63) is 66.0 Å². The third kappa shape index (κ3) is 2.84. The van der Waals surface area contributed by atoms with Gasteiger partial charge in [-0.25, -0.2) is 0 Å². The molecule has 1 atom stereocenters. The zero-order valence-electron chi connectivity index (χ0n) is 14.1. The van der Waals surface area contributed by atoms with Crippen LogP contribution in [0.25, 0.3) is 16.7 Å². The number of aryl methyl sites for hydroxylation is 1. The molecule has 2 nitrogen and oxygen atoms in total. The fourth-order valence-electron chi connectivity index (χ4n) is 3.62. The fraction of sp³-hybridized carbons (Fsp3) is 0.273. The highest BCUT2D eigenvalue weighted by Crippen LogP contribution is 2.40. The molecule has 2 aromatic rings. The Morgan fingerprint density at radius 2 is 1.96 bits per heavy atom. The van der Waals surface area contributed by atoms with Gasteiger partial charge < -0.3 is 0 Å². The van der Waals surface area contributed by atoms with Crippen molar-refractivity contribution in [3.8, 4) is 11.1 Å². The van der Waals surface area contributed by atoms with E-state index in [9.17, 15) is 0 Å². The van der Waals surface area contributed by atoms with Crippen LogP contribution in [-0.4, -0.2) is 11.2 Å². The molecule has 1 aliphatic heterocycles. The van der Waals surface area contributed by atoms with E-state index in [0.29, 0.717) is 5.92 Å². The van der Waals surface area contributed by atoms with Crippen LogP contribution in [0.5, 0.6) is 0 Å². The number of pyridine rings is 1. The smallest absolute Gasteiger partial charge is 0.0736 e. The monoisotopic (exact) mass is 314 g/mol. The molecule has 1 aromatic heterocycles. The molecule has 0 spiro atoms. The van der Waals surface area contributed by atoms with Crippen molar-refractivity contribution in [2.24, 2.45) is 10.9 Å². The first kappa shape index (κ1) is 15.1. The van der Waals surface area contributed by atoms with Gasteiger partial charge in [0.25, 0.3) is 0 Å². The SMILES string of the molecule is CC1CC=CC=C1c1cc2c(c(-c3ccncc3)c1)N=CCCC2. The van der Waals surface area contributed by atoms with Gasteiger partial charge in [0.15, 0.2) is 0 Å².